The SMILES string of the molecule is COC(=O)C1=C(C)NC(=O)NC1CCc1ccccc1. The number of benzene rings is 1. The van der Waals surface area contributed by atoms with E-state index < -0.39 is 5.97 Å². The molecule has 2 amide bonds. The summed E-state index contributed by atoms with van der Waals surface area (Å²) in [5.74, 6) is -0.409. The molecule has 2 rings (SSSR count). The van der Waals surface area contributed by atoms with Gasteiger partial charge in [0.2, 0.25) is 0 Å². The van der Waals surface area contributed by atoms with Crippen LogP contribution < -0.4 is 10.6 Å². The Morgan fingerprint density at radius 3 is 2.65 bits per heavy atom. The molecule has 1 aliphatic rings. The van der Waals surface area contributed by atoms with Crippen LogP contribution in [0, 0.1) is 0 Å². The minimum absolute atomic E-state index is 0.284. The van der Waals surface area contributed by atoms with Gasteiger partial charge >= 0.3 is 12.0 Å². The van der Waals surface area contributed by atoms with Gasteiger partial charge in [-0.05, 0) is 25.3 Å². The van der Waals surface area contributed by atoms with Crippen LogP contribution in [0.15, 0.2) is 41.6 Å². The van der Waals surface area contributed by atoms with Gasteiger partial charge in [-0.25, -0.2) is 9.59 Å². The first-order valence-electron chi connectivity index (χ1n) is 6.52. The zero-order valence-electron chi connectivity index (χ0n) is 11.6. The summed E-state index contributed by atoms with van der Waals surface area (Å²) in [4.78, 5) is 23.4. The number of carbonyl (C=O) groups excluding carboxylic acids is 2. The number of allylic oxidation sites excluding steroid dienone is 1. The number of nitrogens with one attached hydrogen (secondary N) is 2. The Bertz CT molecular complexity index is 537. The van der Waals surface area contributed by atoms with Crippen molar-refractivity contribution >= 4 is 12.0 Å². The van der Waals surface area contributed by atoms with E-state index in [2.05, 4.69) is 10.6 Å². The van der Waals surface area contributed by atoms with Crippen molar-refractivity contribution in [2.45, 2.75) is 25.8 Å². The fourth-order valence-electron chi connectivity index (χ4n) is 2.34. The number of hydrogen-bond acceptors (Lipinski definition) is 3. The van der Waals surface area contributed by atoms with Gasteiger partial charge in [-0.1, -0.05) is 30.3 Å². The summed E-state index contributed by atoms with van der Waals surface area (Å²) in [5, 5.41) is 5.38. The van der Waals surface area contributed by atoms with E-state index in [0.29, 0.717) is 17.7 Å². The molecule has 0 saturated heterocycles. The highest BCUT2D eigenvalue weighted by Crippen LogP contribution is 2.18. The molecule has 0 saturated carbocycles. The van der Waals surface area contributed by atoms with Crippen molar-refractivity contribution in [2.75, 3.05) is 7.11 Å². The van der Waals surface area contributed by atoms with Crippen molar-refractivity contribution in [3.8, 4) is 0 Å². The Morgan fingerprint density at radius 1 is 1.30 bits per heavy atom. The number of carbonyl (C=O) groups is 2. The van der Waals surface area contributed by atoms with Crippen molar-refractivity contribution in [2.24, 2.45) is 0 Å². The first kappa shape index (κ1) is 14.1. The zero-order valence-corrected chi connectivity index (χ0v) is 11.6. The molecular formula is C15H18N2O3. The van der Waals surface area contributed by atoms with Crippen LogP contribution >= 0.6 is 0 Å². The standard InChI is InChI=1S/C15H18N2O3/c1-10-13(14(18)20-2)12(17-15(19)16-10)9-8-11-6-4-3-5-7-11/h3-7,12H,8-9H2,1-2H3,(H2,16,17,19). The molecule has 5 nitrogen and oxygen atoms in total. The van der Waals surface area contributed by atoms with Crippen LogP contribution in [-0.2, 0) is 16.0 Å². The molecular weight excluding hydrogens is 256 g/mol. The molecule has 1 unspecified atom stereocenters. The fraction of sp³-hybridized carbons (Fsp3) is 0.333. The Hall–Kier alpha value is -2.30. The lowest BCUT2D eigenvalue weighted by molar-refractivity contribution is -0.136. The quantitative estimate of drug-likeness (QED) is 0.822. The molecule has 0 aromatic heterocycles. The van der Waals surface area contributed by atoms with Crippen molar-refractivity contribution < 1.29 is 14.3 Å². The van der Waals surface area contributed by atoms with Gasteiger partial charge in [0.15, 0.2) is 0 Å². The summed E-state index contributed by atoms with van der Waals surface area (Å²) in [6, 6.07) is 9.34. The first-order chi connectivity index (χ1) is 9.61. The van der Waals surface area contributed by atoms with Crippen molar-refractivity contribution in [3.05, 3.63) is 47.2 Å². The van der Waals surface area contributed by atoms with Gasteiger partial charge in [-0.2, -0.15) is 0 Å². The zero-order chi connectivity index (χ0) is 14.5. The van der Waals surface area contributed by atoms with Gasteiger partial charge in [-0.15, -0.1) is 0 Å². The third-order valence-electron chi connectivity index (χ3n) is 3.33. The van der Waals surface area contributed by atoms with Crippen LogP contribution in [0.2, 0.25) is 0 Å². The predicted octanol–water partition coefficient (Wildman–Crippen LogP) is 1.75. The van der Waals surface area contributed by atoms with Gasteiger partial charge in [0.25, 0.3) is 0 Å². The molecule has 5 heteroatoms. The molecule has 1 atom stereocenters. The van der Waals surface area contributed by atoms with Gasteiger partial charge in [0.05, 0.1) is 18.7 Å². The highest BCUT2D eigenvalue weighted by Gasteiger charge is 2.30. The smallest absolute Gasteiger partial charge is 0.337 e. The van der Waals surface area contributed by atoms with Crippen molar-refractivity contribution in [1.82, 2.24) is 10.6 Å². The predicted molar refractivity (Wildman–Crippen MR) is 74.9 cm³/mol. The normalized spacial score (nSPS) is 18.3. The Labute approximate surface area is 118 Å². The highest BCUT2D eigenvalue weighted by molar-refractivity contribution is 5.94. The number of aryl methyl sites for hydroxylation is 1. The van der Waals surface area contributed by atoms with Crippen LogP contribution in [0.4, 0.5) is 4.79 Å². The van der Waals surface area contributed by atoms with E-state index in [4.69, 9.17) is 4.74 Å². The summed E-state index contributed by atoms with van der Waals surface area (Å²) < 4.78 is 4.79. The minimum atomic E-state index is -0.409. The molecule has 0 fully saturated rings. The number of rotatable bonds is 4. The van der Waals surface area contributed by atoms with E-state index in [1.54, 1.807) is 6.92 Å². The molecule has 0 spiro atoms. The summed E-state index contributed by atoms with van der Waals surface area (Å²) in [5.41, 5.74) is 2.21. The number of amides is 2. The van der Waals surface area contributed by atoms with E-state index in [9.17, 15) is 9.59 Å². The van der Waals surface area contributed by atoms with Crippen LogP contribution in [0.5, 0.6) is 0 Å². The molecule has 1 aromatic carbocycles. The highest BCUT2D eigenvalue weighted by atomic mass is 16.5. The Kier molecular flexibility index (Phi) is 4.40. The topological polar surface area (TPSA) is 67.4 Å². The summed E-state index contributed by atoms with van der Waals surface area (Å²) in [6.07, 6.45) is 1.43. The van der Waals surface area contributed by atoms with Gasteiger partial charge < -0.3 is 15.4 Å². The second-order valence-corrected chi connectivity index (χ2v) is 4.71. The maximum Gasteiger partial charge on any atom is 0.337 e. The third kappa shape index (κ3) is 3.17. The van der Waals surface area contributed by atoms with Crippen LogP contribution in [0.1, 0.15) is 18.9 Å². The molecule has 1 aromatic rings. The van der Waals surface area contributed by atoms with E-state index in [1.807, 2.05) is 30.3 Å². The van der Waals surface area contributed by atoms with Crippen LogP contribution in [-0.4, -0.2) is 25.2 Å². The van der Waals surface area contributed by atoms with Crippen molar-refractivity contribution in [3.63, 3.8) is 0 Å². The molecule has 2 N–H and O–H groups in total. The maximum atomic E-state index is 11.8. The van der Waals surface area contributed by atoms with E-state index in [-0.39, 0.29) is 12.1 Å². The molecule has 20 heavy (non-hydrogen) atoms. The minimum Gasteiger partial charge on any atom is -0.466 e. The second kappa shape index (κ2) is 6.23. The Balaban J connectivity index is 2.13. The van der Waals surface area contributed by atoms with E-state index >= 15 is 0 Å². The second-order valence-electron chi connectivity index (χ2n) is 4.71. The average molecular weight is 274 g/mol. The van der Waals surface area contributed by atoms with Gasteiger partial charge in [0.1, 0.15) is 0 Å². The number of hydrogen-bond donors (Lipinski definition) is 2. The molecule has 106 valence electrons. The van der Waals surface area contributed by atoms with E-state index in [1.165, 1.54) is 12.7 Å². The van der Waals surface area contributed by atoms with Crippen LogP contribution in [0.25, 0.3) is 0 Å². The summed E-state index contributed by atoms with van der Waals surface area (Å²) >= 11 is 0. The number of urea groups is 1. The van der Waals surface area contributed by atoms with Gasteiger partial charge in [-0.3, -0.25) is 0 Å². The number of ether oxygens (including phenoxy) is 1. The monoisotopic (exact) mass is 274 g/mol. The lowest BCUT2D eigenvalue weighted by atomic mass is 9.96. The maximum absolute atomic E-state index is 11.8. The molecule has 0 radical (unpaired) electrons. The number of methoxy groups -OCH3 is 1. The lowest BCUT2D eigenvalue weighted by Gasteiger charge is -2.27. The summed E-state index contributed by atoms with van der Waals surface area (Å²) in [7, 11) is 1.34. The van der Waals surface area contributed by atoms with Crippen molar-refractivity contribution in [1.29, 1.82) is 0 Å². The molecule has 0 bridgehead atoms. The first-order valence-corrected chi connectivity index (χ1v) is 6.52. The number of esters is 1. The lowest BCUT2D eigenvalue weighted by Crippen LogP contribution is -2.50. The summed E-state index contributed by atoms with van der Waals surface area (Å²) in [6.45, 7) is 1.71. The fourth-order valence-corrected chi connectivity index (χ4v) is 2.34. The van der Waals surface area contributed by atoms with E-state index in [0.717, 1.165) is 6.42 Å². The average Bonchev–Trinajstić information content (AvgIpc) is 2.45. The largest absolute Gasteiger partial charge is 0.466 e. The molecule has 0 aliphatic carbocycles. The Morgan fingerprint density at radius 2 is 2.00 bits per heavy atom. The van der Waals surface area contributed by atoms with Crippen LogP contribution in [0.3, 0.4) is 0 Å². The van der Waals surface area contributed by atoms with Gasteiger partial charge in [0, 0.05) is 5.70 Å². The molecule has 1 aliphatic heterocycles. The third-order valence-corrected chi connectivity index (χ3v) is 3.33. The molecule has 1 heterocycles.